The molecule has 0 unspecified atom stereocenters. The molecule has 0 saturated heterocycles. The maximum absolute atomic E-state index is 13.4. The van der Waals surface area contributed by atoms with Crippen molar-refractivity contribution in [1.29, 1.82) is 0 Å². The molecule has 6 heteroatoms. The topological polar surface area (TPSA) is 66.0 Å². The number of halogens is 1. The summed E-state index contributed by atoms with van der Waals surface area (Å²) in [7, 11) is 0. The molecular weight excluding hydrogens is 243 g/mol. The number of thioether (sulfide) groups is 1. The van der Waals surface area contributed by atoms with Gasteiger partial charge in [0.15, 0.2) is 5.16 Å². The summed E-state index contributed by atoms with van der Waals surface area (Å²) in [6.45, 7) is 0. The minimum Gasteiger partial charge on any atom is -0.478 e. The van der Waals surface area contributed by atoms with Crippen molar-refractivity contribution >= 4 is 17.7 Å². The van der Waals surface area contributed by atoms with Gasteiger partial charge in [0.25, 0.3) is 0 Å². The van der Waals surface area contributed by atoms with Crippen LogP contribution in [-0.2, 0) is 5.75 Å². The second kappa shape index (κ2) is 5.01. The van der Waals surface area contributed by atoms with Crippen molar-refractivity contribution < 1.29 is 14.3 Å². The molecule has 88 valence electrons. The number of nitrogens with zero attached hydrogens (tertiary/aromatic N) is 1. The summed E-state index contributed by atoms with van der Waals surface area (Å²) in [4.78, 5) is 17.6. The average Bonchev–Trinajstić information content (AvgIpc) is 2.78. The maximum Gasteiger partial charge on any atom is 0.338 e. The first-order valence-corrected chi connectivity index (χ1v) is 5.79. The number of aromatic nitrogens is 2. The summed E-state index contributed by atoms with van der Waals surface area (Å²) in [5.41, 5.74) is 0.408. The maximum atomic E-state index is 13.4. The zero-order chi connectivity index (χ0) is 12.3. The van der Waals surface area contributed by atoms with Crippen LogP contribution in [0, 0.1) is 5.82 Å². The van der Waals surface area contributed by atoms with Crippen LogP contribution in [0.15, 0.2) is 35.7 Å². The number of carboxylic acid groups (broad SMARTS) is 1. The minimum absolute atomic E-state index is 0.309. The molecule has 0 aliphatic heterocycles. The molecular formula is C11H9FN2O2S. The van der Waals surface area contributed by atoms with Crippen LogP contribution in [0.25, 0.3) is 0 Å². The van der Waals surface area contributed by atoms with Crippen LogP contribution in [-0.4, -0.2) is 21.0 Å². The third kappa shape index (κ3) is 2.85. The van der Waals surface area contributed by atoms with Crippen LogP contribution in [0.5, 0.6) is 0 Å². The molecule has 2 rings (SSSR count). The first kappa shape index (κ1) is 11.7. The van der Waals surface area contributed by atoms with Gasteiger partial charge in [-0.15, -0.1) is 0 Å². The molecule has 1 heterocycles. The summed E-state index contributed by atoms with van der Waals surface area (Å²) in [6.07, 6.45) is 3.34. The van der Waals surface area contributed by atoms with Crippen LogP contribution in [0.2, 0.25) is 0 Å². The third-order valence-corrected chi connectivity index (χ3v) is 3.09. The largest absolute Gasteiger partial charge is 0.478 e. The Labute approximate surface area is 101 Å². The lowest BCUT2D eigenvalue weighted by molar-refractivity contribution is 0.0692. The Morgan fingerprint density at radius 2 is 2.35 bits per heavy atom. The Hall–Kier alpha value is -1.82. The fourth-order valence-electron chi connectivity index (χ4n) is 1.30. The van der Waals surface area contributed by atoms with Crippen molar-refractivity contribution in [1.82, 2.24) is 9.97 Å². The number of carboxylic acids is 1. The lowest BCUT2D eigenvalue weighted by atomic mass is 10.1. The predicted octanol–water partition coefficient (Wildman–Crippen LogP) is 2.54. The van der Waals surface area contributed by atoms with Crippen molar-refractivity contribution in [2.75, 3.05) is 0 Å². The lowest BCUT2D eigenvalue weighted by Crippen LogP contribution is -2.00. The van der Waals surface area contributed by atoms with E-state index in [9.17, 15) is 9.18 Å². The van der Waals surface area contributed by atoms with Crippen molar-refractivity contribution in [3.05, 3.63) is 47.5 Å². The number of carbonyl (C=O) groups is 1. The van der Waals surface area contributed by atoms with Gasteiger partial charge >= 0.3 is 5.97 Å². The number of imidazole rings is 1. The Bertz CT molecular complexity index is 528. The Balaban J connectivity index is 2.07. The van der Waals surface area contributed by atoms with Crippen molar-refractivity contribution in [2.24, 2.45) is 0 Å². The van der Waals surface area contributed by atoms with Gasteiger partial charge in [0.1, 0.15) is 5.82 Å². The number of aromatic amines is 1. The second-order valence-corrected chi connectivity index (χ2v) is 4.27. The number of H-pyrrole nitrogens is 1. The van der Waals surface area contributed by atoms with Crippen LogP contribution in [0.4, 0.5) is 4.39 Å². The minimum atomic E-state index is -1.26. The van der Waals surface area contributed by atoms with E-state index in [0.29, 0.717) is 11.3 Å². The van der Waals surface area contributed by atoms with Gasteiger partial charge in [-0.25, -0.2) is 14.2 Å². The number of benzene rings is 1. The lowest BCUT2D eigenvalue weighted by Gasteiger charge is -2.02. The van der Waals surface area contributed by atoms with Crippen LogP contribution in [0.1, 0.15) is 15.9 Å². The second-order valence-electron chi connectivity index (χ2n) is 3.30. The zero-order valence-corrected chi connectivity index (χ0v) is 9.50. The average molecular weight is 252 g/mol. The van der Waals surface area contributed by atoms with Gasteiger partial charge in [-0.2, -0.15) is 0 Å². The highest BCUT2D eigenvalue weighted by Crippen LogP contribution is 2.20. The van der Waals surface area contributed by atoms with Gasteiger partial charge < -0.3 is 10.1 Å². The molecule has 1 aromatic heterocycles. The normalized spacial score (nSPS) is 10.4. The molecule has 1 aromatic carbocycles. The number of hydrogen-bond acceptors (Lipinski definition) is 3. The number of aromatic carboxylic acids is 1. The van der Waals surface area contributed by atoms with E-state index in [1.165, 1.54) is 23.9 Å². The van der Waals surface area contributed by atoms with Gasteiger partial charge in [0.05, 0.1) is 5.56 Å². The molecule has 0 spiro atoms. The van der Waals surface area contributed by atoms with E-state index in [2.05, 4.69) is 9.97 Å². The first-order chi connectivity index (χ1) is 8.16. The number of nitrogens with one attached hydrogen (secondary N) is 1. The molecule has 0 bridgehead atoms. The molecule has 0 fully saturated rings. The highest BCUT2D eigenvalue weighted by molar-refractivity contribution is 7.98. The monoisotopic (exact) mass is 252 g/mol. The fourth-order valence-corrected chi connectivity index (χ4v) is 2.07. The quantitative estimate of drug-likeness (QED) is 0.821. The molecule has 0 atom stereocenters. The predicted molar refractivity (Wildman–Crippen MR) is 61.5 cm³/mol. The highest BCUT2D eigenvalue weighted by Gasteiger charge is 2.10. The van der Waals surface area contributed by atoms with Crippen molar-refractivity contribution in [2.45, 2.75) is 10.9 Å². The van der Waals surface area contributed by atoms with E-state index in [1.807, 2.05) is 0 Å². The Morgan fingerprint density at radius 3 is 2.94 bits per heavy atom. The standard InChI is InChI=1S/C11H9FN2O2S/c12-9-5-7(1-2-8(9)10(15)16)6-17-11-13-3-4-14-11/h1-5H,6H2,(H,13,14)(H,15,16). The molecule has 0 radical (unpaired) electrons. The van der Waals surface area contributed by atoms with Gasteiger partial charge in [0.2, 0.25) is 0 Å². The van der Waals surface area contributed by atoms with Gasteiger partial charge in [-0.1, -0.05) is 17.8 Å². The van der Waals surface area contributed by atoms with Gasteiger partial charge in [-0.05, 0) is 17.7 Å². The molecule has 4 nitrogen and oxygen atoms in total. The van der Waals surface area contributed by atoms with E-state index in [-0.39, 0.29) is 5.56 Å². The van der Waals surface area contributed by atoms with Crippen molar-refractivity contribution in [3.8, 4) is 0 Å². The zero-order valence-electron chi connectivity index (χ0n) is 8.68. The smallest absolute Gasteiger partial charge is 0.338 e. The fraction of sp³-hybridized carbons (Fsp3) is 0.0909. The molecule has 0 saturated carbocycles. The molecule has 0 aliphatic rings. The summed E-state index contributed by atoms with van der Waals surface area (Å²) in [5.74, 6) is -1.44. The van der Waals surface area contributed by atoms with Gasteiger partial charge in [-0.3, -0.25) is 0 Å². The van der Waals surface area contributed by atoms with E-state index in [0.717, 1.165) is 5.16 Å². The van der Waals surface area contributed by atoms with E-state index >= 15 is 0 Å². The summed E-state index contributed by atoms with van der Waals surface area (Å²) in [6, 6.07) is 4.11. The highest BCUT2D eigenvalue weighted by atomic mass is 32.2. The van der Waals surface area contributed by atoms with Crippen LogP contribution in [0.3, 0.4) is 0 Å². The molecule has 0 aliphatic carbocycles. The van der Waals surface area contributed by atoms with Gasteiger partial charge in [0, 0.05) is 18.1 Å². The van der Waals surface area contributed by atoms with Crippen LogP contribution < -0.4 is 0 Å². The summed E-state index contributed by atoms with van der Waals surface area (Å²) < 4.78 is 13.4. The SMILES string of the molecule is O=C(O)c1ccc(CSc2ncc[nH]2)cc1F. The third-order valence-electron chi connectivity index (χ3n) is 2.11. The molecule has 2 N–H and O–H groups in total. The number of hydrogen-bond donors (Lipinski definition) is 2. The molecule has 0 amide bonds. The first-order valence-electron chi connectivity index (χ1n) is 4.80. The van der Waals surface area contributed by atoms with E-state index in [1.54, 1.807) is 18.5 Å². The number of rotatable bonds is 4. The Kier molecular flexibility index (Phi) is 3.43. The summed E-state index contributed by atoms with van der Waals surface area (Å²) in [5, 5.41) is 9.42. The van der Waals surface area contributed by atoms with E-state index in [4.69, 9.17) is 5.11 Å². The van der Waals surface area contributed by atoms with Crippen molar-refractivity contribution in [3.63, 3.8) is 0 Å². The Morgan fingerprint density at radius 1 is 1.53 bits per heavy atom. The van der Waals surface area contributed by atoms with Crippen LogP contribution >= 0.6 is 11.8 Å². The summed E-state index contributed by atoms with van der Waals surface area (Å²) >= 11 is 1.42. The molecule has 2 aromatic rings. The van der Waals surface area contributed by atoms with E-state index < -0.39 is 11.8 Å². The molecule has 17 heavy (non-hydrogen) atoms.